The maximum Gasteiger partial charge on any atom is 0.251 e. The molecule has 2 saturated heterocycles. The molecule has 0 unspecified atom stereocenters. The molecule has 0 saturated carbocycles. The van der Waals surface area contributed by atoms with Crippen LogP contribution in [0.25, 0.3) is 0 Å². The molecule has 2 aromatic rings. The van der Waals surface area contributed by atoms with Crippen molar-refractivity contribution in [2.45, 2.75) is 57.9 Å². The van der Waals surface area contributed by atoms with Gasteiger partial charge in [0.1, 0.15) is 11.6 Å². The fourth-order valence-corrected chi connectivity index (χ4v) is 5.73. The van der Waals surface area contributed by atoms with Crippen LogP contribution in [-0.2, 0) is 4.79 Å². The molecule has 2 fully saturated rings. The molecular formula is C29H37F2N3O2. The molecule has 1 N–H and O–H groups in total. The van der Waals surface area contributed by atoms with Crippen LogP contribution in [0.15, 0.2) is 36.4 Å². The average Bonchev–Trinajstić information content (AvgIpc) is 3.29. The molecule has 2 aliphatic heterocycles. The Bertz CT molecular complexity index is 1140. The van der Waals surface area contributed by atoms with Crippen molar-refractivity contribution < 1.29 is 18.4 Å². The van der Waals surface area contributed by atoms with Crippen LogP contribution in [-0.4, -0.2) is 60.4 Å². The summed E-state index contributed by atoms with van der Waals surface area (Å²) in [5.41, 5.74) is 3.07. The maximum absolute atomic E-state index is 14.8. The van der Waals surface area contributed by atoms with Crippen LogP contribution in [0, 0.1) is 24.5 Å². The van der Waals surface area contributed by atoms with Crippen LogP contribution >= 0.6 is 0 Å². The second kappa shape index (κ2) is 10.3. The minimum atomic E-state index is -0.612. The summed E-state index contributed by atoms with van der Waals surface area (Å²) < 4.78 is 28.4. The third-order valence-corrected chi connectivity index (χ3v) is 7.87. The van der Waals surface area contributed by atoms with Crippen LogP contribution < -0.4 is 5.32 Å². The third kappa shape index (κ3) is 5.31. The van der Waals surface area contributed by atoms with Crippen LogP contribution in [0.1, 0.15) is 72.5 Å². The summed E-state index contributed by atoms with van der Waals surface area (Å²) in [6.45, 7) is 10.6. The molecular weight excluding hydrogens is 460 g/mol. The number of carbonyl (C=O) groups excluding carboxylic acids is 2. The molecule has 5 nitrogen and oxygen atoms in total. The van der Waals surface area contributed by atoms with E-state index in [0.717, 1.165) is 30.0 Å². The van der Waals surface area contributed by atoms with Gasteiger partial charge in [0.15, 0.2) is 0 Å². The molecule has 0 spiro atoms. The Hall–Kier alpha value is -2.80. The largest absolute Gasteiger partial charge is 0.355 e. The molecule has 194 valence electrons. The van der Waals surface area contributed by atoms with Gasteiger partial charge in [-0.25, -0.2) is 8.78 Å². The number of nitrogens with one attached hydrogen (secondary N) is 1. The summed E-state index contributed by atoms with van der Waals surface area (Å²) in [5, 5.41) is 2.73. The first-order valence-electron chi connectivity index (χ1n) is 12.8. The lowest BCUT2D eigenvalue weighted by Gasteiger charge is -2.35. The first-order chi connectivity index (χ1) is 17.0. The van der Waals surface area contributed by atoms with Gasteiger partial charge < -0.3 is 10.2 Å². The lowest BCUT2D eigenvalue weighted by atomic mass is 9.83. The van der Waals surface area contributed by atoms with Crippen molar-refractivity contribution in [1.82, 2.24) is 15.1 Å². The summed E-state index contributed by atoms with van der Waals surface area (Å²) in [5.74, 6) is -1.78. The van der Waals surface area contributed by atoms with Gasteiger partial charge in [0, 0.05) is 56.3 Å². The van der Waals surface area contributed by atoms with Crippen molar-refractivity contribution in [3.05, 3.63) is 70.3 Å². The monoisotopic (exact) mass is 497 g/mol. The lowest BCUT2D eigenvalue weighted by molar-refractivity contribution is -0.136. The highest BCUT2D eigenvalue weighted by molar-refractivity contribution is 5.95. The van der Waals surface area contributed by atoms with E-state index in [2.05, 4.69) is 37.1 Å². The molecule has 2 amide bonds. The van der Waals surface area contributed by atoms with Crippen LogP contribution in [0.3, 0.4) is 0 Å². The second-order valence-corrected chi connectivity index (χ2v) is 11.2. The maximum atomic E-state index is 14.8. The van der Waals surface area contributed by atoms with E-state index in [0.29, 0.717) is 37.3 Å². The molecule has 2 atom stereocenters. The number of aryl methyl sites for hydroxylation is 1. The summed E-state index contributed by atoms with van der Waals surface area (Å²) in [4.78, 5) is 30.3. The highest BCUT2D eigenvalue weighted by atomic mass is 19.1. The lowest BCUT2D eigenvalue weighted by Crippen LogP contribution is -2.44. The summed E-state index contributed by atoms with van der Waals surface area (Å²) >= 11 is 0. The van der Waals surface area contributed by atoms with Gasteiger partial charge in [0.2, 0.25) is 5.91 Å². The van der Waals surface area contributed by atoms with E-state index >= 15 is 0 Å². The normalized spacial score (nSPS) is 21.6. The standard InChI is InChI=1S/C29H37F2N3O2/c1-18-6-8-22(27(35)32-5)23(14-18)19-10-12-33(13-11-19)28(36)25-17-34(29(2,3)4)16-24(25)21-9-7-20(30)15-26(21)31/h6-9,14-15,19,24-25H,10-13,16-17H2,1-5H3,(H,32,35)/t24-,25+/m0/s1. The van der Waals surface area contributed by atoms with Gasteiger partial charge in [0.25, 0.3) is 5.91 Å². The summed E-state index contributed by atoms with van der Waals surface area (Å²) in [6.07, 6.45) is 1.54. The molecule has 2 heterocycles. The van der Waals surface area contributed by atoms with E-state index < -0.39 is 11.6 Å². The molecule has 0 aromatic heterocycles. The Morgan fingerprint density at radius 2 is 1.67 bits per heavy atom. The summed E-state index contributed by atoms with van der Waals surface area (Å²) in [6, 6.07) is 9.58. The van der Waals surface area contributed by atoms with E-state index in [1.54, 1.807) is 7.05 Å². The van der Waals surface area contributed by atoms with E-state index in [1.807, 2.05) is 24.0 Å². The van der Waals surface area contributed by atoms with Crippen LogP contribution in [0.2, 0.25) is 0 Å². The Balaban J connectivity index is 1.53. The number of piperidine rings is 1. The highest BCUT2D eigenvalue weighted by Crippen LogP contribution is 2.40. The van der Waals surface area contributed by atoms with Crippen molar-refractivity contribution in [2.75, 3.05) is 33.2 Å². The smallest absolute Gasteiger partial charge is 0.251 e. The number of carbonyl (C=O) groups is 2. The number of nitrogens with zero attached hydrogens (tertiary/aromatic N) is 2. The highest BCUT2D eigenvalue weighted by Gasteiger charge is 2.44. The van der Waals surface area contributed by atoms with E-state index in [1.165, 1.54) is 12.1 Å². The van der Waals surface area contributed by atoms with Gasteiger partial charge in [-0.2, -0.15) is 0 Å². The van der Waals surface area contributed by atoms with Crippen molar-refractivity contribution in [1.29, 1.82) is 0 Å². The van der Waals surface area contributed by atoms with Crippen molar-refractivity contribution in [2.24, 2.45) is 5.92 Å². The molecule has 36 heavy (non-hydrogen) atoms. The third-order valence-electron chi connectivity index (χ3n) is 7.87. The number of hydrogen-bond acceptors (Lipinski definition) is 3. The number of amides is 2. The van der Waals surface area contributed by atoms with Crippen molar-refractivity contribution in [3.63, 3.8) is 0 Å². The fraction of sp³-hybridized carbons (Fsp3) is 0.517. The molecule has 2 aliphatic rings. The topological polar surface area (TPSA) is 52.7 Å². The summed E-state index contributed by atoms with van der Waals surface area (Å²) in [7, 11) is 1.64. The minimum absolute atomic E-state index is 0.0321. The van der Waals surface area contributed by atoms with Crippen LogP contribution in [0.5, 0.6) is 0 Å². The Kier molecular flexibility index (Phi) is 7.51. The second-order valence-electron chi connectivity index (χ2n) is 11.2. The first kappa shape index (κ1) is 26.3. The molecule has 0 radical (unpaired) electrons. The van der Waals surface area contributed by atoms with Gasteiger partial charge in [-0.1, -0.05) is 23.8 Å². The molecule has 7 heteroatoms. The Morgan fingerprint density at radius 3 is 2.28 bits per heavy atom. The zero-order valence-corrected chi connectivity index (χ0v) is 21.9. The van der Waals surface area contributed by atoms with Crippen molar-refractivity contribution in [3.8, 4) is 0 Å². The number of hydrogen-bond donors (Lipinski definition) is 1. The predicted molar refractivity (Wildman–Crippen MR) is 137 cm³/mol. The van der Waals surface area contributed by atoms with Gasteiger partial charge in [0.05, 0.1) is 5.92 Å². The molecule has 0 aliphatic carbocycles. The van der Waals surface area contributed by atoms with E-state index in [9.17, 15) is 18.4 Å². The zero-order valence-electron chi connectivity index (χ0n) is 21.9. The molecule has 0 bridgehead atoms. The van der Waals surface area contributed by atoms with Gasteiger partial charge >= 0.3 is 0 Å². The Morgan fingerprint density at radius 1 is 0.972 bits per heavy atom. The first-order valence-corrected chi connectivity index (χ1v) is 12.8. The van der Waals surface area contributed by atoms with Gasteiger partial charge in [-0.3, -0.25) is 14.5 Å². The predicted octanol–water partition coefficient (Wildman–Crippen LogP) is 4.85. The average molecular weight is 498 g/mol. The van der Waals surface area contributed by atoms with Gasteiger partial charge in [-0.15, -0.1) is 0 Å². The SMILES string of the molecule is CNC(=O)c1ccc(C)cc1C1CCN(C(=O)[C@@H]2CN(C(C)(C)C)C[C@H]2c2ccc(F)cc2F)CC1. The van der Waals surface area contributed by atoms with E-state index in [-0.39, 0.29) is 35.1 Å². The number of benzene rings is 2. The van der Waals surface area contributed by atoms with Gasteiger partial charge in [-0.05, 0) is 69.7 Å². The zero-order chi connectivity index (χ0) is 26.2. The minimum Gasteiger partial charge on any atom is -0.355 e. The molecule has 4 rings (SSSR count). The quantitative estimate of drug-likeness (QED) is 0.657. The van der Waals surface area contributed by atoms with Crippen LogP contribution in [0.4, 0.5) is 8.78 Å². The fourth-order valence-electron chi connectivity index (χ4n) is 5.73. The number of likely N-dealkylation sites (tertiary alicyclic amines) is 2. The van der Waals surface area contributed by atoms with E-state index in [4.69, 9.17) is 0 Å². The van der Waals surface area contributed by atoms with Crippen molar-refractivity contribution >= 4 is 11.8 Å². The number of rotatable bonds is 4. The number of halogens is 2. The Labute approximate surface area is 212 Å². The molecule has 2 aromatic carbocycles.